The predicted octanol–water partition coefficient (Wildman–Crippen LogP) is 2.32. The van der Waals surface area contributed by atoms with Gasteiger partial charge in [-0.15, -0.1) is 10.2 Å². The van der Waals surface area contributed by atoms with Crippen LogP contribution in [0, 0.1) is 5.92 Å². The lowest BCUT2D eigenvalue weighted by Gasteiger charge is -2.47. The maximum Gasteiger partial charge on any atom is 0.207 e. The van der Waals surface area contributed by atoms with Crippen molar-refractivity contribution < 1.29 is 5.11 Å². The van der Waals surface area contributed by atoms with Gasteiger partial charge >= 0.3 is 0 Å². The fraction of sp³-hybridized carbons (Fsp3) is 0.833. The van der Waals surface area contributed by atoms with Crippen molar-refractivity contribution in [2.45, 2.75) is 44.2 Å². The monoisotopic (exact) mass is 287 g/mol. The third kappa shape index (κ3) is 2.54. The summed E-state index contributed by atoms with van der Waals surface area (Å²) in [5, 5.41) is 19.5. The smallest absolute Gasteiger partial charge is 0.207 e. The van der Waals surface area contributed by atoms with Crippen molar-refractivity contribution in [1.82, 2.24) is 15.1 Å². The third-order valence-corrected chi connectivity index (χ3v) is 5.32. The summed E-state index contributed by atoms with van der Waals surface area (Å²) in [5.41, 5.74) is -0.395. The summed E-state index contributed by atoms with van der Waals surface area (Å²) in [7, 11) is 0. The standard InChI is InChI=1S/C12H18ClN3OS/c13-11-15-14-10(18-11)8-16-6-5-12(17)4-2-1-3-9(12)7-16/h9,17H,1-8H2. The molecule has 1 N–H and O–H groups in total. The largest absolute Gasteiger partial charge is 0.390 e. The van der Waals surface area contributed by atoms with E-state index < -0.39 is 5.60 Å². The molecule has 1 aromatic rings. The Morgan fingerprint density at radius 2 is 2.28 bits per heavy atom. The van der Waals surface area contributed by atoms with Gasteiger partial charge in [-0.2, -0.15) is 0 Å². The number of nitrogens with zero attached hydrogens (tertiary/aromatic N) is 3. The van der Waals surface area contributed by atoms with E-state index in [-0.39, 0.29) is 0 Å². The predicted molar refractivity (Wildman–Crippen MR) is 71.7 cm³/mol. The fourth-order valence-electron chi connectivity index (χ4n) is 3.27. The maximum absolute atomic E-state index is 10.6. The Hall–Kier alpha value is -0.230. The molecule has 100 valence electrons. The molecule has 6 heteroatoms. The minimum atomic E-state index is -0.395. The molecule has 1 saturated heterocycles. The molecule has 18 heavy (non-hydrogen) atoms. The Kier molecular flexibility index (Phi) is 3.58. The van der Waals surface area contributed by atoms with Gasteiger partial charge in [-0.25, -0.2) is 0 Å². The molecular weight excluding hydrogens is 270 g/mol. The molecule has 4 nitrogen and oxygen atoms in total. The van der Waals surface area contributed by atoms with Gasteiger partial charge in [-0.1, -0.05) is 24.2 Å². The average molecular weight is 288 g/mol. The number of fused-ring (bicyclic) bond motifs is 1. The Morgan fingerprint density at radius 3 is 3.06 bits per heavy atom. The average Bonchev–Trinajstić information content (AvgIpc) is 2.75. The molecule has 2 aliphatic rings. The zero-order chi connectivity index (χ0) is 12.6. The van der Waals surface area contributed by atoms with Crippen molar-refractivity contribution in [3.63, 3.8) is 0 Å². The highest BCUT2D eigenvalue weighted by atomic mass is 35.5. The zero-order valence-corrected chi connectivity index (χ0v) is 11.9. The molecule has 2 atom stereocenters. The van der Waals surface area contributed by atoms with E-state index >= 15 is 0 Å². The Balaban J connectivity index is 1.63. The second kappa shape index (κ2) is 5.04. The Bertz CT molecular complexity index is 427. The minimum absolute atomic E-state index is 0.395. The van der Waals surface area contributed by atoms with Gasteiger partial charge in [-0.3, -0.25) is 4.90 Å². The number of halogens is 1. The van der Waals surface area contributed by atoms with Crippen molar-refractivity contribution in [1.29, 1.82) is 0 Å². The van der Waals surface area contributed by atoms with Gasteiger partial charge in [0.2, 0.25) is 4.47 Å². The molecule has 2 unspecified atom stereocenters. The van der Waals surface area contributed by atoms with Crippen LogP contribution in [0.4, 0.5) is 0 Å². The lowest BCUT2D eigenvalue weighted by Crippen LogP contribution is -2.52. The van der Waals surface area contributed by atoms with Gasteiger partial charge in [0.1, 0.15) is 5.01 Å². The van der Waals surface area contributed by atoms with Crippen molar-refractivity contribution in [3.8, 4) is 0 Å². The highest BCUT2D eigenvalue weighted by molar-refractivity contribution is 7.15. The lowest BCUT2D eigenvalue weighted by molar-refractivity contribution is -0.0968. The van der Waals surface area contributed by atoms with E-state index in [4.69, 9.17) is 11.6 Å². The van der Waals surface area contributed by atoms with E-state index in [1.54, 1.807) is 0 Å². The molecule has 0 radical (unpaired) electrons. The first kappa shape index (κ1) is 12.8. The van der Waals surface area contributed by atoms with Gasteiger partial charge in [0.15, 0.2) is 0 Å². The van der Waals surface area contributed by atoms with Crippen LogP contribution in [-0.4, -0.2) is 38.9 Å². The Labute approximate surface area is 116 Å². The van der Waals surface area contributed by atoms with Crippen LogP contribution in [0.15, 0.2) is 0 Å². The molecule has 0 aromatic carbocycles. The number of aromatic nitrogens is 2. The second-order valence-electron chi connectivity index (χ2n) is 5.48. The highest BCUT2D eigenvalue weighted by Gasteiger charge is 2.42. The minimum Gasteiger partial charge on any atom is -0.390 e. The van der Waals surface area contributed by atoms with Crippen LogP contribution >= 0.6 is 22.9 Å². The van der Waals surface area contributed by atoms with Crippen LogP contribution in [-0.2, 0) is 6.54 Å². The van der Waals surface area contributed by atoms with E-state index in [2.05, 4.69) is 15.1 Å². The summed E-state index contributed by atoms with van der Waals surface area (Å²) in [6.45, 7) is 2.74. The molecule has 1 aliphatic heterocycles. The molecule has 1 saturated carbocycles. The molecule has 0 amide bonds. The zero-order valence-electron chi connectivity index (χ0n) is 10.3. The van der Waals surface area contributed by atoms with E-state index in [0.717, 1.165) is 43.9 Å². The number of aliphatic hydroxyl groups is 1. The second-order valence-corrected chi connectivity index (χ2v) is 7.12. The van der Waals surface area contributed by atoms with E-state index in [1.807, 2.05) is 0 Å². The third-order valence-electron chi connectivity index (χ3n) is 4.31. The normalized spacial score (nSPS) is 33.3. The van der Waals surface area contributed by atoms with E-state index in [9.17, 15) is 5.11 Å². The summed E-state index contributed by atoms with van der Waals surface area (Å²) in [5.74, 6) is 0.434. The van der Waals surface area contributed by atoms with Crippen molar-refractivity contribution in [2.75, 3.05) is 13.1 Å². The first-order valence-corrected chi connectivity index (χ1v) is 7.78. The molecular formula is C12H18ClN3OS. The van der Waals surface area contributed by atoms with Gasteiger partial charge < -0.3 is 5.11 Å². The molecule has 0 spiro atoms. The van der Waals surface area contributed by atoms with Gasteiger partial charge in [-0.05, 0) is 30.9 Å². The summed E-state index contributed by atoms with van der Waals surface area (Å²) >= 11 is 7.25. The van der Waals surface area contributed by atoms with E-state index in [0.29, 0.717) is 10.4 Å². The maximum atomic E-state index is 10.6. The summed E-state index contributed by atoms with van der Waals surface area (Å²) < 4.78 is 0.510. The van der Waals surface area contributed by atoms with Crippen LogP contribution in [0.1, 0.15) is 37.1 Å². The van der Waals surface area contributed by atoms with E-state index in [1.165, 1.54) is 24.2 Å². The number of piperidine rings is 1. The summed E-state index contributed by atoms with van der Waals surface area (Å²) in [4.78, 5) is 2.38. The first-order valence-electron chi connectivity index (χ1n) is 6.58. The Morgan fingerprint density at radius 1 is 1.39 bits per heavy atom. The summed E-state index contributed by atoms with van der Waals surface area (Å²) in [6, 6.07) is 0. The molecule has 0 bridgehead atoms. The number of hydrogen-bond donors (Lipinski definition) is 1. The topological polar surface area (TPSA) is 49.2 Å². The number of likely N-dealkylation sites (tertiary alicyclic amines) is 1. The summed E-state index contributed by atoms with van der Waals surface area (Å²) in [6.07, 6.45) is 5.47. The first-order chi connectivity index (χ1) is 8.66. The lowest BCUT2D eigenvalue weighted by atomic mass is 9.71. The van der Waals surface area contributed by atoms with Crippen LogP contribution in [0.25, 0.3) is 0 Å². The van der Waals surface area contributed by atoms with Gasteiger partial charge in [0.25, 0.3) is 0 Å². The van der Waals surface area contributed by atoms with Crippen LogP contribution in [0.5, 0.6) is 0 Å². The highest BCUT2D eigenvalue weighted by Crippen LogP contribution is 2.40. The SMILES string of the molecule is OC12CCCCC1CN(Cc1nnc(Cl)s1)CC2. The van der Waals surface area contributed by atoms with Crippen molar-refractivity contribution in [3.05, 3.63) is 9.47 Å². The fourth-order valence-corrected chi connectivity index (χ4v) is 4.18. The van der Waals surface area contributed by atoms with Crippen LogP contribution < -0.4 is 0 Å². The number of hydrogen-bond acceptors (Lipinski definition) is 5. The van der Waals surface area contributed by atoms with Crippen molar-refractivity contribution in [2.24, 2.45) is 5.92 Å². The van der Waals surface area contributed by atoms with Crippen molar-refractivity contribution >= 4 is 22.9 Å². The quantitative estimate of drug-likeness (QED) is 0.907. The number of rotatable bonds is 2. The molecule has 2 fully saturated rings. The van der Waals surface area contributed by atoms with Gasteiger partial charge in [0.05, 0.1) is 12.1 Å². The molecule has 2 heterocycles. The van der Waals surface area contributed by atoms with Gasteiger partial charge in [0, 0.05) is 19.0 Å². The molecule has 1 aliphatic carbocycles. The molecule has 1 aromatic heterocycles. The molecule has 3 rings (SSSR count). The van der Waals surface area contributed by atoms with Crippen LogP contribution in [0.2, 0.25) is 4.47 Å². The van der Waals surface area contributed by atoms with Crippen LogP contribution in [0.3, 0.4) is 0 Å².